The molecule has 114 heavy (non-hydrogen) atoms. The van der Waals surface area contributed by atoms with Crippen LogP contribution in [0.2, 0.25) is 0 Å². The molecule has 0 saturated heterocycles. The molecule has 0 unspecified atom stereocenters. The lowest BCUT2D eigenvalue weighted by atomic mass is 9.80. The molecule has 2 aliphatic rings. The molecule has 548 valence electrons. The summed E-state index contributed by atoms with van der Waals surface area (Å²) < 4.78 is 29.0. The van der Waals surface area contributed by atoms with Crippen LogP contribution < -0.4 is 9.80 Å². The quantitative estimate of drug-likeness (QED) is 0.136. The Balaban J connectivity index is 0.788. The van der Waals surface area contributed by atoms with Crippen molar-refractivity contribution in [3.8, 4) is 67.2 Å². The minimum absolute atomic E-state index is 0.0836. The molecule has 6 nitrogen and oxygen atoms in total. The molecule has 20 aromatic rings. The Labute approximate surface area is 662 Å². The van der Waals surface area contributed by atoms with E-state index in [1.54, 1.807) is 0 Å². The first-order chi connectivity index (χ1) is 55.2. The second-order valence-electron chi connectivity index (χ2n) is 34.8. The molecule has 0 saturated carbocycles. The zero-order valence-electron chi connectivity index (χ0n) is 65.5. The van der Waals surface area contributed by atoms with E-state index in [1.165, 1.54) is 77.2 Å². The van der Waals surface area contributed by atoms with E-state index in [0.29, 0.717) is 11.8 Å². The van der Waals surface area contributed by atoms with Gasteiger partial charge in [-0.1, -0.05) is 275 Å². The summed E-state index contributed by atoms with van der Waals surface area (Å²) >= 11 is 0. The minimum Gasteiger partial charge on any atom is -0.456 e. The zero-order chi connectivity index (χ0) is 77.0. The van der Waals surface area contributed by atoms with Gasteiger partial charge < -0.3 is 17.7 Å². The smallest absolute Gasteiger partial charge is 0.213 e. The van der Waals surface area contributed by atoms with E-state index in [0.717, 1.165) is 144 Å². The van der Waals surface area contributed by atoms with Gasteiger partial charge in [-0.3, -0.25) is 9.80 Å². The van der Waals surface area contributed by atoms with E-state index >= 15 is 0 Å². The molecule has 22 rings (SSSR count). The van der Waals surface area contributed by atoms with Crippen LogP contribution in [0.15, 0.2) is 333 Å². The Kier molecular flexibility index (Phi) is 14.5. The lowest BCUT2D eigenvalue weighted by molar-refractivity contribution is 0.590. The Hall–Kier alpha value is -13.4. The van der Waals surface area contributed by atoms with E-state index in [4.69, 9.17) is 17.7 Å². The second-order valence-corrected chi connectivity index (χ2v) is 34.8. The van der Waals surface area contributed by atoms with Crippen LogP contribution in [-0.4, -0.2) is 0 Å². The van der Waals surface area contributed by atoms with E-state index in [1.807, 2.05) is 24.3 Å². The van der Waals surface area contributed by atoms with Crippen LogP contribution in [0.4, 0.5) is 34.5 Å². The summed E-state index contributed by atoms with van der Waals surface area (Å²) in [6, 6.07) is 116. The van der Waals surface area contributed by atoms with Gasteiger partial charge in [0.05, 0.1) is 11.1 Å². The number of benzene rings is 16. The van der Waals surface area contributed by atoms with Crippen molar-refractivity contribution in [3.63, 3.8) is 0 Å². The molecular weight excluding hydrogens is 1390 g/mol. The van der Waals surface area contributed by atoms with Crippen LogP contribution in [0, 0.1) is 0 Å². The molecule has 0 spiro atoms. The van der Waals surface area contributed by atoms with Crippen molar-refractivity contribution in [1.82, 2.24) is 0 Å². The van der Waals surface area contributed by atoms with Gasteiger partial charge in [-0.05, 0) is 230 Å². The van der Waals surface area contributed by atoms with Gasteiger partial charge in [-0.2, -0.15) is 0 Å². The van der Waals surface area contributed by atoms with Crippen molar-refractivity contribution in [2.75, 3.05) is 9.80 Å². The van der Waals surface area contributed by atoms with Gasteiger partial charge in [0, 0.05) is 77.0 Å². The van der Waals surface area contributed by atoms with E-state index in [-0.39, 0.29) is 21.7 Å². The monoisotopic (exact) mass is 1470 g/mol. The van der Waals surface area contributed by atoms with E-state index in [9.17, 15) is 0 Å². The SMILES string of the molecule is CC(C)(C)c1ccc(-c2c(N(c3ccc4cc(-c5cc6ccccc6o5)ccc4c3)c3ccc4ccc5c(c4c3)C(C)(C)c3ccccc3-5)oc3c2ccc2c3ccc3c(-c4ccc(C(C)(C)C)cc4)c(N(c4ccc5cc(-c6cc7ccccc7o6)ccc5c4)c4ccc5ccc6c(c5c4)C(C)(C)c4ccccc4-6)oc32)cc1. The Morgan fingerprint density at radius 1 is 0.254 bits per heavy atom. The molecule has 0 atom stereocenters. The third-order valence-electron chi connectivity index (χ3n) is 25.1. The summed E-state index contributed by atoms with van der Waals surface area (Å²) in [5, 5.41) is 15.1. The average molecular weight is 1470 g/mol. The second kappa shape index (κ2) is 24.5. The topological polar surface area (TPSA) is 59.0 Å². The van der Waals surface area contributed by atoms with Crippen LogP contribution in [0.1, 0.15) is 103 Å². The zero-order valence-corrected chi connectivity index (χ0v) is 65.5. The summed E-state index contributed by atoms with van der Waals surface area (Å²) in [5.41, 5.74) is 25.5. The van der Waals surface area contributed by atoms with Gasteiger partial charge >= 0.3 is 0 Å². The van der Waals surface area contributed by atoms with Crippen LogP contribution in [0.3, 0.4) is 0 Å². The number of anilines is 6. The largest absolute Gasteiger partial charge is 0.456 e. The van der Waals surface area contributed by atoms with Gasteiger partial charge in [0.2, 0.25) is 11.8 Å². The van der Waals surface area contributed by atoms with E-state index in [2.05, 4.69) is 370 Å². The van der Waals surface area contributed by atoms with Crippen molar-refractivity contribution in [3.05, 3.63) is 349 Å². The molecule has 4 aromatic heterocycles. The lowest BCUT2D eigenvalue weighted by Gasteiger charge is -2.27. The predicted octanol–water partition coefficient (Wildman–Crippen LogP) is 31.3. The third kappa shape index (κ3) is 10.4. The van der Waals surface area contributed by atoms with Crippen molar-refractivity contribution in [2.45, 2.75) is 90.9 Å². The number of hydrogen-bond donors (Lipinski definition) is 0. The number of rotatable bonds is 10. The Bertz CT molecular complexity index is 6930. The number of nitrogens with zero attached hydrogens (tertiary/aromatic N) is 2. The first kappa shape index (κ1) is 67.5. The third-order valence-corrected chi connectivity index (χ3v) is 25.1. The van der Waals surface area contributed by atoms with Crippen molar-refractivity contribution < 1.29 is 17.7 Å². The number of furan rings is 4. The molecular formula is C108H82N2O4. The predicted molar refractivity (Wildman–Crippen MR) is 477 cm³/mol. The molecule has 0 fully saturated rings. The van der Waals surface area contributed by atoms with Gasteiger partial charge in [0.15, 0.2) is 0 Å². The van der Waals surface area contributed by atoms with Crippen LogP contribution >= 0.6 is 0 Å². The summed E-state index contributed by atoms with van der Waals surface area (Å²) in [4.78, 5) is 4.75. The molecule has 0 aliphatic heterocycles. The normalized spacial score (nSPS) is 13.7. The fraction of sp³-hybridized carbons (Fsp3) is 0.130. The maximum atomic E-state index is 8.02. The molecule has 0 radical (unpaired) electrons. The van der Waals surface area contributed by atoms with Crippen LogP contribution in [0.5, 0.6) is 0 Å². The summed E-state index contributed by atoms with van der Waals surface area (Å²) in [7, 11) is 0. The molecule has 0 bridgehead atoms. The highest BCUT2D eigenvalue weighted by Crippen LogP contribution is 2.58. The molecule has 0 amide bonds. The van der Waals surface area contributed by atoms with Crippen molar-refractivity contribution in [2.24, 2.45) is 0 Å². The summed E-state index contributed by atoms with van der Waals surface area (Å²) in [6.07, 6.45) is 0. The first-order valence-electron chi connectivity index (χ1n) is 39.9. The average Bonchev–Trinajstić information content (AvgIpc) is 1.56. The molecule has 2 aliphatic carbocycles. The molecule has 16 aromatic carbocycles. The van der Waals surface area contributed by atoms with Gasteiger partial charge in [0.25, 0.3) is 0 Å². The number of para-hydroxylation sites is 2. The fourth-order valence-electron chi connectivity index (χ4n) is 19.2. The minimum atomic E-state index is -0.269. The number of hydrogen-bond acceptors (Lipinski definition) is 6. The molecule has 0 N–H and O–H groups in total. The maximum Gasteiger partial charge on any atom is 0.213 e. The van der Waals surface area contributed by atoms with Crippen molar-refractivity contribution in [1.29, 1.82) is 0 Å². The molecule has 4 heterocycles. The lowest BCUT2D eigenvalue weighted by Crippen LogP contribution is -2.16. The van der Waals surface area contributed by atoms with Gasteiger partial charge in [-0.15, -0.1) is 0 Å². The Morgan fingerprint density at radius 3 is 1.01 bits per heavy atom. The van der Waals surface area contributed by atoms with Crippen LogP contribution in [0.25, 0.3) is 165 Å². The highest BCUT2D eigenvalue weighted by Gasteiger charge is 2.40. The molecule has 6 heteroatoms. The maximum absolute atomic E-state index is 8.02. The Morgan fingerprint density at radius 2 is 0.596 bits per heavy atom. The van der Waals surface area contributed by atoms with Crippen LogP contribution in [-0.2, 0) is 21.7 Å². The summed E-state index contributed by atoms with van der Waals surface area (Å²) in [6.45, 7) is 23.2. The highest BCUT2D eigenvalue weighted by atomic mass is 16.4. The number of fused-ring (bicyclic) bond motifs is 19. The summed E-state index contributed by atoms with van der Waals surface area (Å²) in [5.74, 6) is 3.08. The van der Waals surface area contributed by atoms with Gasteiger partial charge in [-0.25, -0.2) is 0 Å². The van der Waals surface area contributed by atoms with E-state index < -0.39 is 0 Å². The standard InChI is InChI=1S/C108H82N2O4/c1-105(2,3)75-41-31-65(32-42-75)97-87-53-51-86-85(101(87)113-103(97)109(77-47-37-67-55-73(29-27-69(67)57-77)95-59-71-19-11-17-25-93(71)111-95)79-45-35-63-39-49-83-81-21-13-15-23-91(81)107(7,8)99(83)89(63)61-79)52-54-88-98(66-33-43-76(44-34-66)106(4,5)6)104(114-102(86)88)110(78-48-38-68-56-74(30-28-70(68)58-78)96-60-72-20-12-18-26-94(72)112-96)80-46-36-64-40-50-84-82-22-14-16-24-92(82)108(9,10)100(84)90(64)62-80/h11-62H,1-10H3. The highest BCUT2D eigenvalue weighted by molar-refractivity contribution is 6.22. The van der Waals surface area contributed by atoms with Crippen molar-refractivity contribution >= 4 is 132 Å². The first-order valence-corrected chi connectivity index (χ1v) is 39.9. The van der Waals surface area contributed by atoms with Gasteiger partial charge in [0.1, 0.15) is 33.9 Å². The fourth-order valence-corrected chi connectivity index (χ4v) is 19.2.